The number of rotatable bonds is 5. The number of hydrogen-bond acceptors (Lipinski definition) is 4. The van der Waals surface area contributed by atoms with Crippen LogP contribution in [-0.2, 0) is 11.2 Å². The topological polar surface area (TPSA) is 60.5 Å². The molecule has 1 aliphatic rings. The number of carbonyl (C=O) groups excluding carboxylic acids is 1. The molecule has 1 atom stereocenters. The summed E-state index contributed by atoms with van der Waals surface area (Å²) in [5, 5.41) is 2.86. The van der Waals surface area contributed by atoms with Crippen molar-refractivity contribution in [1.29, 1.82) is 0 Å². The van der Waals surface area contributed by atoms with Crippen LogP contribution in [0.15, 0.2) is 42.7 Å². The molecule has 2 heterocycles. The van der Waals surface area contributed by atoms with Gasteiger partial charge in [0.15, 0.2) is 0 Å². The smallest absolute Gasteiger partial charge is 0.248 e. The number of fused-ring (bicyclic) bond motifs is 1. The van der Waals surface area contributed by atoms with E-state index in [0.29, 0.717) is 18.0 Å². The lowest BCUT2D eigenvalue weighted by molar-refractivity contribution is -0.111. The van der Waals surface area contributed by atoms with Gasteiger partial charge >= 0.3 is 0 Å². The van der Waals surface area contributed by atoms with E-state index in [0.717, 1.165) is 23.3 Å². The second-order valence-corrected chi connectivity index (χ2v) is 5.63. The molecule has 0 saturated carbocycles. The molecule has 0 radical (unpaired) electrons. The van der Waals surface area contributed by atoms with Crippen molar-refractivity contribution in [1.82, 2.24) is 4.98 Å². The van der Waals surface area contributed by atoms with Crippen molar-refractivity contribution in [2.75, 3.05) is 11.9 Å². The highest BCUT2D eigenvalue weighted by Crippen LogP contribution is 2.38. The molecule has 1 aliphatic heterocycles. The molecule has 124 valence electrons. The van der Waals surface area contributed by atoms with Crippen molar-refractivity contribution in [3.8, 4) is 11.5 Å². The minimum Gasteiger partial charge on any atom is -0.492 e. The number of nitrogens with zero attached hydrogens (tertiary/aromatic N) is 1. The number of ether oxygens (including phenoxy) is 2. The Labute approximate surface area is 141 Å². The quantitative estimate of drug-likeness (QED) is 0.856. The Morgan fingerprint density at radius 2 is 2.38 bits per heavy atom. The molecular weight excluding hydrogens is 304 g/mol. The minimum atomic E-state index is -0.231. The second-order valence-electron chi connectivity index (χ2n) is 5.63. The summed E-state index contributed by atoms with van der Waals surface area (Å²) < 4.78 is 11.4. The molecule has 0 aliphatic carbocycles. The van der Waals surface area contributed by atoms with Crippen LogP contribution in [0.2, 0.25) is 0 Å². The average Bonchev–Trinajstić information content (AvgIpc) is 2.93. The summed E-state index contributed by atoms with van der Waals surface area (Å²) in [4.78, 5) is 16.2. The Morgan fingerprint density at radius 3 is 3.12 bits per heavy atom. The maximum absolute atomic E-state index is 12.2. The number of hydrogen-bond donors (Lipinski definition) is 1. The molecular formula is C19H20N2O3. The molecule has 24 heavy (non-hydrogen) atoms. The molecule has 1 unspecified atom stereocenters. The zero-order valence-corrected chi connectivity index (χ0v) is 13.8. The van der Waals surface area contributed by atoms with Crippen LogP contribution in [0.4, 0.5) is 5.69 Å². The number of anilines is 1. The molecule has 1 aromatic heterocycles. The van der Waals surface area contributed by atoms with E-state index in [-0.39, 0.29) is 12.0 Å². The van der Waals surface area contributed by atoms with Crippen molar-refractivity contribution in [2.24, 2.45) is 0 Å². The van der Waals surface area contributed by atoms with Crippen LogP contribution in [-0.4, -0.2) is 23.6 Å². The first-order valence-corrected chi connectivity index (χ1v) is 8.01. The first kappa shape index (κ1) is 16.1. The summed E-state index contributed by atoms with van der Waals surface area (Å²) in [6.07, 6.45) is 7.57. The van der Waals surface area contributed by atoms with E-state index < -0.39 is 0 Å². The van der Waals surface area contributed by atoms with Gasteiger partial charge in [-0.15, -0.1) is 0 Å². The first-order chi connectivity index (χ1) is 11.7. The summed E-state index contributed by atoms with van der Waals surface area (Å²) in [6.45, 7) is 4.47. The SMILES string of the molecule is CCOc1cc2c(cc1NC(=O)/C=C/c1cccnc1)OC(C)C2. The molecule has 0 saturated heterocycles. The van der Waals surface area contributed by atoms with Gasteiger partial charge in [-0.3, -0.25) is 9.78 Å². The predicted molar refractivity (Wildman–Crippen MR) is 93.3 cm³/mol. The molecule has 0 bridgehead atoms. The van der Waals surface area contributed by atoms with Crippen molar-refractivity contribution in [3.63, 3.8) is 0 Å². The number of aromatic nitrogens is 1. The number of amides is 1. The zero-order valence-electron chi connectivity index (χ0n) is 13.8. The van der Waals surface area contributed by atoms with Crippen molar-refractivity contribution in [2.45, 2.75) is 26.4 Å². The number of benzene rings is 1. The summed E-state index contributed by atoms with van der Waals surface area (Å²) >= 11 is 0. The van der Waals surface area contributed by atoms with Gasteiger partial charge in [0.2, 0.25) is 5.91 Å². The Hall–Kier alpha value is -2.82. The van der Waals surface area contributed by atoms with Crippen LogP contribution in [0.1, 0.15) is 25.0 Å². The normalized spacial score (nSPS) is 15.8. The third kappa shape index (κ3) is 3.74. The van der Waals surface area contributed by atoms with Crippen LogP contribution in [0, 0.1) is 0 Å². The average molecular weight is 324 g/mol. The van der Waals surface area contributed by atoms with Crippen LogP contribution in [0.3, 0.4) is 0 Å². The van der Waals surface area contributed by atoms with E-state index in [1.165, 1.54) is 6.08 Å². The van der Waals surface area contributed by atoms with E-state index in [1.54, 1.807) is 18.5 Å². The molecule has 5 heteroatoms. The number of nitrogens with one attached hydrogen (secondary N) is 1. The van der Waals surface area contributed by atoms with Gasteiger partial charge in [0, 0.05) is 36.5 Å². The highest BCUT2D eigenvalue weighted by Gasteiger charge is 2.22. The molecule has 3 rings (SSSR count). The van der Waals surface area contributed by atoms with Crippen molar-refractivity contribution in [3.05, 3.63) is 53.9 Å². The fraction of sp³-hybridized carbons (Fsp3) is 0.263. The zero-order chi connectivity index (χ0) is 16.9. The summed E-state index contributed by atoms with van der Waals surface area (Å²) in [7, 11) is 0. The molecule has 5 nitrogen and oxygen atoms in total. The third-order valence-corrected chi connectivity index (χ3v) is 3.67. The van der Waals surface area contributed by atoms with Crippen LogP contribution in [0.5, 0.6) is 11.5 Å². The monoisotopic (exact) mass is 324 g/mol. The highest BCUT2D eigenvalue weighted by molar-refractivity contribution is 6.03. The lowest BCUT2D eigenvalue weighted by atomic mass is 10.1. The number of pyridine rings is 1. The van der Waals surface area contributed by atoms with Gasteiger partial charge in [0.1, 0.15) is 17.6 Å². The molecule has 1 aromatic carbocycles. The van der Waals surface area contributed by atoms with Gasteiger partial charge in [0.25, 0.3) is 0 Å². The lowest BCUT2D eigenvalue weighted by Crippen LogP contribution is -2.10. The van der Waals surface area contributed by atoms with E-state index >= 15 is 0 Å². The second kappa shape index (κ2) is 7.17. The Bertz CT molecular complexity index is 757. The van der Waals surface area contributed by atoms with Gasteiger partial charge in [-0.05, 0) is 37.6 Å². The fourth-order valence-electron chi connectivity index (χ4n) is 2.63. The maximum atomic E-state index is 12.2. The minimum absolute atomic E-state index is 0.144. The van der Waals surface area contributed by atoms with Crippen LogP contribution in [0.25, 0.3) is 6.08 Å². The third-order valence-electron chi connectivity index (χ3n) is 3.67. The van der Waals surface area contributed by atoms with Gasteiger partial charge in [-0.1, -0.05) is 6.07 Å². The Morgan fingerprint density at radius 1 is 1.50 bits per heavy atom. The van der Waals surface area contributed by atoms with Gasteiger partial charge < -0.3 is 14.8 Å². The summed E-state index contributed by atoms with van der Waals surface area (Å²) in [5.74, 6) is 1.24. The van der Waals surface area contributed by atoms with Crippen LogP contribution >= 0.6 is 0 Å². The number of carbonyl (C=O) groups is 1. The van der Waals surface area contributed by atoms with E-state index in [9.17, 15) is 4.79 Å². The highest BCUT2D eigenvalue weighted by atomic mass is 16.5. The van der Waals surface area contributed by atoms with Gasteiger partial charge in [-0.2, -0.15) is 0 Å². The van der Waals surface area contributed by atoms with E-state index in [4.69, 9.17) is 9.47 Å². The van der Waals surface area contributed by atoms with Gasteiger partial charge in [0.05, 0.1) is 12.3 Å². The summed E-state index contributed by atoms with van der Waals surface area (Å²) in [6, 6.07) is 7.49. The Balaban J connectivity index is 1.77. The lowest BCUT2D eigenvalue weighted by Gasteiger charge is -2.12. The first-order valence-electron chi connectivity index (χ1n) is 8.01. The molecule has 2 aromatic rings. The van der Waals surface area contributed by atoms with Gasteiger partial charge in [-0.25, -0.2) is 0 Å². The van der Waals surface area contributed by atoms with Crippen molar-refractivity contribution >= 4 is 17.7 Å². The fourth-order valence-corrected chi connectivity index (χ4v) is 2.63. The molecule has 0 spiro atoms. The standard InChI is InChI=1S/C19H20N2O3/c1-3-23-18-10-15-9-13(2)24-17(15)11-16(18)21-19(22)7-6-14-5-4-8-20-12-14/h4-8,10-13H,3,9H2,1-2H3,(H,21,22)/b7-6+. The predicted octanol–water partition coefficient (Wildman–Crippen LogP) is 3.46. The molecule has 0 fully saturated rings. The molecule has 1 N–H and O–H groups in total. The summed E-state index contributed by atoms with van der Waals surface area (Å²) in [5.41, 5.74) is 2.59. The maximum Gasteiger partial charge on any atom is 0.248 e. The van der Waals surface area contributed by atoms with E-state index in [2.05, 4.69) is 10.3 Å². The van der Waals surface area contributed by atoms with E-state index in [1.807, 2.05) is 38.1 Å². The molecule has 1 amide bonds. The Kier molecular flexibility index (Phi) is 4.79. The largest absolute Gasteiger partial charge is 0.492 e. The van der Waals surface area contributed by atoms with Crippen molar-refractivity contribution < 1.29 is 14.3 Å². The van der Waals surface area contributed by atoms with Crippen LogP contribution < -0.4 is 14.8 Å².